The average Bonchev–Trinajstić information content (AvgIpc) is 3.20. The molecule has 7 heteroatoms. The minimum absolute atomic E-state index is 0.161. The molecule has 0 fully saturated rings. The molecular weight excluding hydrogens is 333 g/mol. The predicted molar refractivity (Wildman–Crippen MR) is 96.3 cm³/mol. The second kappa shape index (κ2) is 8.24. The number of benzene rings is 1. The van der Waals surface area contributed by atoms with Crippen molar-refractivity contribution in [2.24, 2.45) is 0 Å². The van der Waals surface area contributed by atoms with Gasteiger partial charge in [-0.05, 0) is 35.7 Å². The van der Waals surface area contributed by atoms with Gasteiger partial charge < -0.3 is 10.2 Å². The van der Waals surface area contributed by atoms with E-state index < -0.39 is 0 Å². The molecule has 26 heavy (non-hydrogen) atoms. The first kappa shape index (κ1) is 17.6. The first-order valence-electron chi connectivity index (χ1n) is 8.28. The van der Waals surface area contributed by atoms with Gasteiger partial charge in [0.05, 0.1) is 0 Å². The van der Waals surface area contributed by atoms with Gasteiger partial charge in [-0.2, -0.15) is 0 Å². The molecule has 0 aliphatic heterocycles. The highest BCUT2D eigenvalue weighted by Crippen LogP contribution is 2.06. The molecule has 0 bridgehead atoms. The molecule has 0 radical (unpaired) electrons. The quantitative estimate of drug-likeness (QED) is 0.741. The number of carbonyl (C=O) groups excluding carboxylic acids is 1. The Morgan fingerprint density at radius 3 is 2.62 bits per heavy atom. The van der Waals surface area contributed by atoms with E-state index in [1.54, 1.807) is 42.8 Å². The fourth-order valence-electron chi connectivity index (χ4n) is 2.43. The zero-order valence-corrected chi connectivity index (χ0v) is 14.5. The molecule has 0 aliphatic rings. The van der Waals surface area contributed by atoms with Crippen LogP contribution in [0.4, 0.5) is 9.18 Å². The van der Waals surface area contributed by atoms with Gasteiger partial charge in [0.25, 0.3) is 0 Å². The second-order valence-corrected chi connectivity index (χ2v) is 5.95. The van der Waals surface area contributed by atoms with Crippen LogP contribution in [-0.2, 0) is 13.0 Å². The summed E-state index contributed by atoms with van der Waals surface area (Å²) in [4.78, 5) is 22.1. The van der Waals surface area contributed by atoms with Crippen LogP contribution in [-0.4, -0.2) is 39.1 Å². The first-order valence-corrected chi connectivity index (χ1v) is 8.28. The van der Waals surface area contributed by atoms with Gasteiger partial charge in [0.15, 0.2) is 0 Å². The van der Waals surface area contributed by atoms with Crippen LogP contribution < -0.4 is 5.32 Å². The number of imidazole rings is 1. The number of hydrogen-bond acceptors (Lipinski definition) is 3. The standard InChI is InChI=1S/C19H20FN5O/c1-24(10-8-15-2-5-17(20)6-3-15)19(26)23-13-16-4-7-18(22-12-16)25-11-9-21-14-25/h2-7,9,11-12,14H,8,10,13H2,1H3,(H,23,26). The van der Waals surface area contributed by atoms with Crippen LogP contribution >= 0.6 is 0 Å². The summed E-state index contributed by atoms with van der Waals surface area (Å²) >= 11 is 0. The zero-order valence-electron chi connectivity index (χ0n) is 14.5. The second-order valence-electron chi connectivity index (χ2n) is 5.95. The molecule has 0 spiro atoms. The van der Waals surface area contributed by atoms with E-state index in [0.29, 0.717) is 19.5 Å². The van der Waals surface area contributed by atoms with E-state index in [0.717, 1.165) is 16.9 Å². The lowest BCUT2D eigenvalue weighted by Crippen LogP contribution is -2.38. The number of amides is 2. The number of hydrogen-bond donors (Lipinski definition) is 1. The van der Waals surface area contributed by atoms with Gasteiger partial charge in [0.1, 0.15) is 18.0 Å². The molecule has 1 N–H and O–H groups in total. The summed E-state index contributed by atoms with van der Waals surface area (Å²) in [6.45, 7) is 0.951. The molecule has 0 atom stereocenters. The number of halogens is 1. The number of urea groups is 1. The average molecular weight is 353 g/mol. The Labute approximate surface area is 151 Å². The molecule has 6 nitrogen and oxygen atoms in total. The summed E-state index contributed by atoms with van der Waals surface area (Å²) < 4.78 is 14.7. The summed E-state index contributed by atoms with van der Waals surface area (Å²) in [5, 5.41) is 2.87. The van der Waals surface area contributed by atoms with Crippen LogP contribution in [0.3, 0.4) is 0 Å². The molecule has 3 rings (SSSR count). The van der Waals surface area contributed by atoms with E-state index in [4.69, 9.17) is 0 Å². The maximum absolute atomic E-state index is 12.9. The molecular formula is C19H20FN5O. The Bertz CT molecular complexity index is 831. The van der Waals surface area contributed by atoms with Crippen LogP contribution in [0.25, 0.3) is 5.82 Å². The molecule has 3 aromatic rings. The van der Waals surface area contributed by atoms with Crippen LogP contribution in [0, 0.1) is 5.82 Å². The lowest BCUT2D eigenvalue weighted by molar-refractivity contribution is 0.209. The number of pyridine rings is 1. The third-order valence-corrected chi connectivity index (χ3v) is 4.02. The molecule has 0 aliphatic carbocycles. The van der Waals surface area contributed by atoms with Crippen molar-refractivity contribution in [3.63, 3.8) is 0 Å². The molecule has 0 saturated carbocycles. The Balaban J connectivity index is 1.46. The van der Waals surface area contributed by atoms with Crippen molar-refractivity contribution in [1.82, 2.24) is 24.8 Å². The van der Waals surface area contributed by atoms with Crippen LogP contribution in [0.2, 0.25) is 0 Å². The van der Waals surface area contributed by atoms with Gasteiger partial charge in [0, 0.05) is 38.7 Å². The molecule has 134 valence electrons. The van der Waals surface area contributed by atoms with Crippen molar-refractivity contribution < 1.29 is 9.18 Å². The summed E-state index contributed by atoms with van der Waals surface area (Å²) in [6, 6.07) is 9.95. The smallest absolute Gasteiger partial charge is 0.317 e. The largest absolute Gasteiger partial charge is 0.334 e. The van der Waals surface area contributed by atoms with Crippen molar-refractivity contribution >= 4 is 6.03 Å². The summed E-state index contributed by atoms with van der Waals surface area (Å²) in [6.07, 6.45) is 7.59. The number of aromatic nitrogens is 3. The highest BCUT2D eigenvalue weighted by molar-refractivity contribution is 5.73. The van der Waals surface area contributed by atoms with Crippen LogP contribution in [0.1, 0.15) is 11.1 Å². The SMILES string of the molecule is CN(CCc1ccc(F)cc1)C(=O)NCc1ccc(-n2ccnc2)nc1. The minimum Gasteiger partial charge on any atom is -0.334 e. The van der Waals surface area contributed by atoms with E-state index in [-0.39, 0.29) is 11.8 Å². The van der Waals surface area contributed by atoms with Gasteiger partial charge in [-0.25, -0.2) is 19.2 Å². The Hall–Kier alpha value is -3.22. The van der Waals surface area contributed by atoms with Crippen molar-refractivity contribution in [3.05, 3.63) is 78.3 Å². The maximum atomic E-state index is 12.9. The fourth-order valence-corrected chi connectivity index (χ4v) is 2.43. The topological polar surface area (TPSA) is 63.1 Å². The molecule has 1 aromatic carbocycles. The van der Waals surface area contributed by atoms with E-state index in [2.05, 4.69) is 15.3 Å². The minimum atomic E-state index is -0.257. The number of nitrogens with zero attached hydrogens (tertiary/aromatic N) is 4. The normalized spacial score (nSPS) is 10.5. The Morgan fingerprint density at radius 2 is 1.96 bits per heavy atom. The van der Waals surface area contributed by atoms with E-state index in [1.165, 1.54) is 12.1 Å². The lowest BCUT2D eigenvalue weighted by Gasteiger charge is -2.18. The first-order chi connectivity index (χ1) is 12.6. The number of carbonyl (C=O) groups is 1. The molecule has 0 unspecified atom stereocenters. The third-order valence-electron chi connectivity index (χ3n) is 4.02. The van der Waals surface area contributed by atoms with E-state index in [1.807, 2.05) is 22.9 Å². The molecule has 2 amide bonds. The van der Waals surface area contributed by atoms with Crippen molar-refractivity contribution in [2.45, 2.75) is 13.0 Å². The fraction of sp³-hybridized carbons (Fsp3) is 0.211. The van der Waals surface area contributed by atoms with Gasteiger partial charge in [-0.3, -0.25) is 4.57 Å². The van der Waals surface area contributed by atoms with Crippen molar-refractivity contribution in [3.8, 4) is 5.82 Å². The molecule has 2 heterocycles. The number of likely N-dealkylation sites (N-methyl/N-ethyl adjacent to an activating group) is 1. The molecule has 0 saturated heterocycles. The zero-order chi connectivity index (χ0) is 18.4. The van der Waals surface area contributed by atoms with Gasteiger partial charge in [-0.1, -0.05) is 18.2 Å². The number of nitrogens with one attached hydrogen (secondary N) is 1. The summed E-state index contributed by atoms with van der Waals surface area (Å²) in [5.74, 6) is 0.515. The Morgan fingerprint density at radius 1 is 1.19 bits per heavy atom. The van der Waals surface area contributed by atoms with Gasteiger partial charge in [0.2, 0.25) is 0 Å². The summed E-state index contributed by atoms with van der Waals surface area (Å²) in [5.41, 5.74) is 1.90. The van der Waals surface area contributed by atoms with Gasteiger partial charge >= 0.3 is 6.03 Å². The predicted octanol–water partition coefficient (Wildman–Crippen LogP) is 2.79. The lowest BCUT2D eigenvalue weighted by atomic mass is 10.1. The number of rotatable bonds is 6. The van der Waals surface area contributed by atoms with E-state index in [9.17, 15) is 9.18 Å². The van der Waals surface area contributed by atoms with Crippen LogP contribution in [0.15, 0.2) is 61.3 Å². The van der Waals surface area contributed by atoms with Crippen molar-refractivity contribution in [1.29, 1.82) is 0 Å². The highest BCUT2D eigenvalue weighted by atomic mass is 19.1. The van der Waals surface area contributed by atoms with Gasteiger partial charge in [-0.15, -0.1) is 0 Å². The summed E-state index contributed by atoms with van der Waals surface area (Å²) in [7, 11) is 1.74. The molecule has 2 aromatic heterocycles. The van der Waals surface area contributed by atoms with Crippen molar-refractivity contribution in [2.75, 3.05) is 13.6 Å². The highest BCUT2D eigenvalue weighted by Gasteiger charge is 2.08. The Kier molecular flexibility index (Phi) is 5.58. The third kappa shape index (κ3) is 4.66. The maximum Gasteiger partial charge on any atom is 0.317 e. The van der Waals surface area contributed by atoms with E-state index >= 15 is 0 Å². The monoisotopic (exact) mass is 353 g/mol. The van der Waals surface area contributed by atoms with Crippen LogP contribution in [0.5, 0.6) is 0 Å².